The third kappa shape index (κ3) is 4.99. The van der Waals surface area contributed by atoms with E-state index in [0.717, 1.165) is 17.8 Å². The van der Waals surface area contributed by atoms with E-state index in [1.807, 2.05) is 0 Å². The van der Waals surface area contributed by atoms with Gasteiger partial charge in [-0.1, -0.05) is 41.0 Å². The standard InChI is InChI=1S/C13H29N/c1-7-13(11(3)4)12(5)9-10-14(6)8-2/h11-13H,7-10H2,1-6H3. The van der Waals surface area contributed by atoms with Crippen molar-refractivity contribution in [1.82, 2.24) is 4.90 Å². The van der Waals surface area contributed by atoms with Crippen molar-refractivity contribution in [3.05, 3.63) is 0 Å². The molecule has 0 N–H and O–H groups in total. The number of hydrogen-bond donors (Lipinski definition) is 0. The monoisotopic (exact) mass is 199 g/mol. The summed E-state index contributed by atoms with van der Waals surface area (Å²) in [6, 6.07) is 0. The van der Waals surface area contributed by atoms with Crippen LogP contribution in [0.15, 0.2) is 0 Å². The van der Waals surface area contributed by atoms with Gasteiger partial charge in [-0.05, 0) is 44.3 Å². The molecule has 0 amide bonds. The maximum Gasteiger partial charge on any atom is -0.00193 e. The molecule has 1 heteroatoms. The second kappa shape index (κ2) is 7.28. The molecular weight excluding hydrogens is 170 g/mol. The SMILES string of the molecule is CCC(C(C)C)C(C)CCN(C)CC. The summed E-state index contributed by atoms with van der Waals surface area (Å²) in [5.41, 5.74) is 0. The molecule has 86 valence electrons. The lowest BCUT2D eigenvalue weighted by molar-refractivity contribution is 0.221. The van der Waals surface area contributed by atoms with E-state index in [2.05, 4.69) is 46.6 Å². The minimum Gasteiger partial charge on any atom is -0.307 e. The Balaban J connectivity index is 3.86. The number of hydrogen-bond acceptors (Lipinski definition) is 1. The van der Waals surface area contributed by atoms with Crippen molar-refractivity contribution in [1.29, 1.82) is 0 Å². The number of nitrogens with zero attached hydrogens (tertiary/aromatic N) is 1. The Bertz CT molecular complexity index is 131. The van der Waals surface area contributed by atoms with Crippen LogP contribution in [0.1, 0.15) is 47.5 Å². The fourth-order valence-corrected chi connectivity index (χ4v) is 2.33. The molecule has 0 radical (unpaired) electrons. The molecule has 0 rings (SSSR count). The molecule has 0 spiro atoms. The lowest BCUT2D eigenvalue weighted by Crippen LogP contribution is -2.24. The van der Waals surface area contributed by atoms with Crippen LogP contribution in [0.3, 0.4) is 0 Å². The second-order valence-electron chi connectivity index (χ2n) is 4.98. The van der Waals surface area contributed by atoms with Gasteiger partial charge < -0.3 is 4.90 Å². The Morgan fingerprint density at radius 1 is 1.07 bits per heavy atom. The Labute approximate surface area is 90.9 Å². The van der Waals surface area contributed by atoms with Crippen molar-refractivity contribution in [2.24, 2.45) is 17.8 Å². The lowest BCUT2D eigenvalue weighted by Gasteiger charge is -2.27. The smallest absolute Gasteiger partial charge is 0.00193 e. The first-order valence-electron chi connectivity index (χ1n) is 6.21. The van der Waals surface area contributed by atoms with Gasteiger partial charge in [-0.2, -0.15) is 0 Å². The van der Waals surface area contributed by atoms with Crippen molar-refractivity contribution in [2.45, 2.75) is 47.5 Å². The molecule has 0 aromatic rings. The molecule has 0 fully saturated rings. The molecule has 1 nitrogen and oxygen atoms in total. The van der Waals surface area contributed by atoms with Crippen LogP contribution in [0, 0.1) is 17.8 Å². The highest BCUT2D eigenvalue weighted by molar-refractivity contribution is 4.69. The maximum absolute atomic E-state index is 2.41. The van der Waals surface area contributed by atoms with Gasteiger partial charge in [-0.25, -0.2) is 0 Å². The normalized spacial score (nSPS) is 16.3. The molecule has 0 saturated carbocycles. The molecule has 0 aliphatic carbocycles. The summed E-state index contributed by atoms with van der Waals surface area (Å²) in [6.07, 6.45) is 2.68. The van der Waals surface area contributed by atoms with Gasteiger partial charge in [0.1, 0.15) is 0 Å². The van der Waals surface area contributed by atoms with Crippen molar-refractivity contribution in [3.8, 4) is 0 Å². The predicted molar refractivity (Wildman–Crippen MR) is 65.6 cm³/mol. The Kier molecular flexibility index (Phi) is 7.26. The maximum atomic E-state index is 2.41. The van der Waals surface area contributed by atoms with Gasteiger partial charge in [0.05, 0.1) is 0 Å². The minimum absolute atomic E-state index is 0.835. The number of rotatable bonds is 7. The zero-order chi connectivity index (χ0) is 11.1. The van der Waals surface area contributed by atoms with E-state index < -0.39 is 0 Å². The van der Waals surface area contributed by atoms with Gasteiger partial charge in [0.2, 0.25) is 0 Å². The van der Waals surface area contributed by atoms with Crippen LogP contribution < -0.4 is 0 Å². The van der Waals surface area contributed by atoms with Crippen LogP contribution in [-0.4, -0.2) is 25.0 Å². The van der Waals surface area contributed by atoms with Crippen molar-refractivity contribution in [3.63, 3.8) is 0 Å². The van der Waals surface area contributed by atoms with Crippen LogP contribution in [0.4, 0.5) is 0 Å². The molecule has 0 bridgehead atoms. The van der Waals surface area contributed by atoms with Crippen LogP contribution >= 0.6 is 0 Å². The van der Waals surface area contributed by atoms with Gasteiger partial charge in [0, 0.05) is 0 Å². The summed E-state index contributed by atoms with van der Waals surface area (Å²) in [5, 5.41) is 0. The fourth-order valence-electron chi connectivity index (χ4n) is 2.33. The highest BCUT2D eigenvalue weighted by Gasteiger charge is 2.18. The quantitative estimate of drug-likeness (QED) is 0.605. The second-order valence-corrected chi connectivity index (χ2v) is 4.98. The topological polar surface area (TPSA) is 3.24 Å². The summed E-state index contributed by atoms with van der Waals surface area (Å²) in [5.74, 6) is 2.61. The third-order valence-corrected chi connectivity index (χ3v) is 3.56. The summed E-state index contributed by atoms with van der Waals surface area (Å²) in [7, 11) is 2.21. The van der Waals surface area contributed by atoms with Gasteiger partial charge in [-0.15, -0.1) is 0 Å². The summed E-state index contributed by atoms with van der Waals surface area (Å²) in [4.78, 5) is 2.41. The first-order chi connectivity index (χ1) is 6.52. The average molecular weight is 199 g/mol. The zero-order valence-corrected chi connectivity index (χ0v) is 11.0. The van der Waals surface area contributed by atoms with Crippen LogP contribution in [-0.2, 0) is 0 Å². The van der Waals surface area contributed by atoms with Gasteiger partial charge in [0.15, 0.2) is 0 Å². The van der Waals surface area contributed by atoms with Crippen molar-refractivity contribution in [2.75, 3.05) is 20.1 Å². The highest BCUT2D eigenvalue weighted by atomic mass is 15.1. The predicted octanol–water partition coefficient (Wildman–Crippen LogP) is 3.65. The van der Waals surface area contributed by atoms with Crippen LogP contribution in [0.2, 0.25) is 0 Å². The molecule has 0 aromatic carbocycles. The van der Waals surface area contributed by atoms with E-state index in [9.17, 15) is 0 Å². The molecule has 0 aliphatic heterocycles. The third-order valence-electron chi connectivity index (χ3n) is 3.56. The molecule has 0 saturated heterocycles. The van der Waals surface area contributed by atoms with E-state index in [1.165, 1.54) is 25.9 Å². The Morgan fingerprint density at radius 3 is 2.00 bits per heavy atom. The van der Waals surface area contributed by atoms with Crippen LogP contribution in [0.5, 0.6) is 0 Å². The van der Waals surface area contributed by atoms with Crippen LogP contribution in [0.25, 0.3) is 0 Å². The van der Waals surface area contributed by atoms with E-state index in [0.29, 0.717) is 0 Å². The molecule has 2 atom stereocenters. The molecular formula is C13H29N. The van der Waals surface area contributed by atoms with Gasteiger partial charge in [0.25, 0.3) is 0 Å². The van der Waals surface area contributed by atoms with E-state index in [4.69, 9.17) is 0 Å². The highest BCUT2D eigenvalue weighted by Crippen LogP contribution is 2.26. The van der Waals surface area contributed by atoms with Gasteiger partial charge >= 0.3 is 0 Å². The van der Waals surface area contributed by atoms with E-state index in [-0.39, 0.29) is 0 Å². The molecule has 0 aliphatic rings. The first kappa shape index (κ1) is 14.0. The van der Waals surface area contributed by atoms with Crippen molar-refractivity contribution < 1.29 is 0 Å². The Hall–Kier alpha value is -0.0400. The molecule has 0 heterocycles. The molecule has 14 heavy (non-hydrogen) atoms. The summed E-state index contributed by atoms with van der Waals surface area (Å²) in [6.45, 7) is 14.1. The molecule has 0 aromatic heterocycles. The minimum atomic E-state index is 0.835. The average Bonchev–Trinajstić information content (AvgIpc) is 2.14. The lowest BCUT2D eigenvalue weighted by atomic mass is 9.81. The summed E-state index contributed by atoms with van der Waals surface area (Å²) >= 11 is 0. The largest absolute Gasteiger partial charge is 0.307 e. The zero-order valence-electron chi connectivity index (χ0n) is 11.0. The van der Waals surface area contributed by atoms with E-state index in [1.54, 1.807) is 0 Å². The summed E-state index contributed by atoms with van der Waals surface area (Å²) < 4.78 is 0. The Morgan fingerprint density at radius 2 is 1.64 bits per heavy atom. The van der Waals surface area contributed by atoms with Gasteiger partial charge in [-0.3, -0.25) is 0 Å². The fraction of sp³-hybridized carbons (Fsp3) is 1.00. The molecule has 2 unspecified atom stereocenters. The first-order valence-corrected chi connectivity index (χ1v) is 6.21. The van der Waals surface area contributed by atoms with E-state index >= 15 is 0 Å². The van der Waals surface area contributed by atoms with Crippen molar-refractivity contribution >= 4 is 0 Å².